The molecule has 0 aromatic carbocycles. The number of ether oxygens (including phenoxy) is 7. The highest BCUT2D eigenvalue weighted by Gasteiger charge is 2.70. The smallest absolute Gasteiger partial charge is 0.337 e. The summed E-state index contributed by atoms with van der Waals surface area (Å²) in [5, 5.41) is 22.6. The fraction of sp³-hybridized carbons (Fsp3) is 0.727. The minimum Gasteiger partial charge on any atom is -0.466 e. The second-order valence-electron chi connectivity index (χ2n) is 13.2. The Balaban J connectivity index is 2.53. The van der Waals surface area contributed by atoms with E-state index in [1.165, 1.54) is 27.7 Å². The second kappa shape index (κ2) is 15.2. The van der Waals surface area contributed by atoms with Crippen LogP contribution in [0.3, 0.4) is 0 Å². The maximum absolute atomic E-state index is 13.4. The first-order chi connectivity index (χ1) is 22.7. The number of carbonyl (C=O) groups excluding carboxylic acids is 7. The highest BCUT2D eigenvalue weighted by atomic mass is 16.6. The Morgan fingerprint density at radius 2 is 1.43 bits per heavy atom. The highest BCUT2D eigenvalue weighted by Crippen LogP contribution is 2.57. The zero-order valence-corrected chi connectivity index (χ0v) is 29.1. The molecular formula is C33H46O16. The van der Waals surface area contributed by atoms with Gasteiger partial charge in [-0.25, -0.2) is 4.79 Å². The Bertz CT molecular complexity index is 1370. The van der Waals surface area contributed by atoms with Crippen molar-refractivity contribution in [2.45, 2.75) is 123 Å². The summed E-state index contributed by atoms with van der Waals surface area (Å²) < 4.78 is 39.5. The van der Waals surface area contributed by atoms with Gasteiger partial charge in [0, 0.05) is 57.8 Å². The largest absolute Gasteiger partial charge is 0.466 e. The Morgan fingerprint density at radius 3 is 1.92 bits per heavy atom. The number of methoxy groups -OCH3 is 1. The molecule has 0 bridgehead atoms. The Hall–Kier alpha value is -4.05. The van der Waals surface area contributed by atoms with Crippen LogP contribution in [0.25, 0.3) is 0 Å². The number of aliphatic hydroxyl groups excluding tert-OH is 1. The number of esters is 7. The molecule has 2 N–H and O–H groups in total. The first-order valence-corrected chi connectivity index (χ1v) is 16.0. The molecule has 0 aromatic rings. The molecule has 274 valence electrons. The van der Waals surface area contributed by atoms with Crippen molar-refractivity contribution >= 4 is 41.8 Å². The number of aliphatic hydroxyl groups is 2. The fourth-order valence-electron chi connectivity index (χ4n) is 7.52. The third-order valence-electron chi connectivity index (χ3n) is 9.72. The maximum atomic E-state index is 13.4. The Morgan fingerprint density at radius 1 is 0.898 bits per heavy atom. The molecule has 3 aliphatic rings. The zero-order valence-electron chi connectivity index (χ0n) is 29.1. The molecule has 1 saturated carbocycles. The Kier molecular flexibility index (Phi) is 12.2. The van der Waals surface area contributed by atoms with E-state index in [0.29, 0.717) is 0 Å². The van der Waals surface area contributed by atoms with Crippen LogP contribution in [0, 0.1) is 23.2 Å². The SMILES string of the molecule is COC(=O)/C1=C/[C@@H]2OC(=O)[C@H](C)[C@@]2(O)[C@@H](OC(C)=O)[C@H]2[C@@H](C)[C@H](OC(C)=O)C[C@H](OC(C)=O)[C@]2(C)[C@H](OC(C)=O)C[C@H]1OC(=O)C[C@H](C)O. The van der Waals surface area contributed by atoms with Crippen molar-refractivity contribution in [3.63, 3.8) is 0 Å². The van der Waals surface area contributed by atoms with Crippen molar-refractivity contribution in [2.24, 2.45) is 23.2 Å². The van der Waals surface area contributed by atoms with Crippen molar-refractivity contribution < 1.29 is 76.9 Å². The first kappa shape index (κ1) is 39.4. The van der Waals surface area contributed by atoms with Crippen LogP contribution in [0.5, 0.6) is 0 Å². The fourth-order valence-corrected chi connectivity index (χ4v) is 7.52. The average molecular weight is 699 g/mol. The summed E-state index contributed by atoms with van der Waals surface area (Å²) in [5.74, 6) is -9.77. The molecule has 1 saturated heterocycles. The third-order valence-corrected chi connectivity index (χ3v) is 9.72. The molecule has 16 heteroatoms. The van der Waals surface area contributed by atoms with Crippen molar-refractivity contribution in [3.05, 3.63) is 11.6 Å². The summed E-state index contributed by atoms with van der Waals surface area (Å²) in [6.07, 6.45) is -10.1. The quantitative estimate of drug-likeness (QED) is 0.265. The molecule has 1 aliphatic heterocycles. The van der Waals surface area contributed by atoms with Gasteiger partial charge in [-0.15, -0.1) is 0 Å². The minimum atomic E-state index is -2.48. The Labute approximate surface area is 283 Å². The van der Waals surface area contributed by atoms with Gasteiger partial charge in [0.25, 0.3) is 0 Å². The van der Waals surface area contributed by atoms with Gasteiger partial charge in [-0.2, -0.15) is 0 Å². The van der Waals surface area contributed by atoms with E-state index < -0.39 is 132 Å². The molecule has 0 aromatic heterocycles. The molecular weight excluding hydrogens is 652 g/mol. The molecule has 49 heavy (non-hydrogen) atoms. The van der Waals surface area contributed by atoms with Gasteiger partial charge in [-0.3, -0.25) is 28.8 Å². The second-order valence-corrected chi connectivity index (χ2v) is 13.2. The van der Waals surface area contributed by atoms with E-state index in [4.69, 9.17) is 33.2 Å². The normalized spacial score (nSPS) is 37.3. The number of hydrogen-bond acceptors (Lipinski definition) is 16. The van der Waals surface area contributed by atoms with Crippen LogP contribution >= 0.6 is 0 Å². The van der Waals surface area contributed by atoms with E-state index in [1.54, 1.807) is 6.92 Å². The van der Waals surface area contributed by atoms with Crippen molar-refractivity contribution in [1.82, 2.24) is 0 Å². The van der Waals surface area contributed by atoms with Gasteiger partial charge in [0.05, 0.1) is 31.1 Å². The molecule has 0 spiro atoms. The monoisotopic (exact) mass is 698 g/mol. The molecule has 2 fully saturated rings. The summed E-state index contributed by atoms with van der Waals surface area (Å²) in [4.78, 5) is 90.2. The predicted octanol–water partition coefficient (Wildman–Crippen LogP) is 0.854. The number of carbonyl (C=O) groups is 7. The lowest BCUT2D eigenvalue weighted by molar-refractivity contribution is -0.254. The lowest BCUT2D eigenvalue weighted by Gasteiger charge is -2.58. The van der Waals surface area contributed by atoms with E-state index in [2.05, 4.69) is 0 Å². The molecule has 0 radical (unpaired) electrons. The van der Waals surface area contributed by atoms with Crippen molar-refractivity contribution in [3.8, 4) is 0 Å². The molecule has 1 heterocycles. The van der Waals surface area contributed by atoms with Gasteiger partial charge in [-0.05, 0) is 19.9 Å². The van der Waals surface area contributed by atoms with Crippen LogP contribution in [0.15, 0.2) is 11.6 Å². The summed E-state index contributed by atoms with van der Waals surface area (Å²) >= 11 is 0. The van der Waals surface area contributed by atoms with Gasteiger partial charge in [0.2, 0.25) is 0 Å². The summed E-state index contributed by atoms with van der Waals surface area (Å²) in [7, 11) is 1.03. The van der Waals surface area contributed by atoms with Crippen molar-refractivity contribution in [2.75, 3.05) is 7.11 Å². The number of rotatable bonds is 8. The lowest BCUT2D eigenvalue weighted by atomic mass is 9.52. The van der Waals surface area contributed by atoms with E-state index in [1.807, 2.05) is 0 Å². The molecule has 0 unspecified atom stereocenters. The van der Waals surface area contributed by atoms with Gasteiger partial charge in [0.1, 0.15) is 30.5 Å². The molecule has 2 aliphatic carbocycles. The standard InChI is InChI=1S/C33H46O16/c1-14(34)10-27(39)48-23-13-25(46-19(6)37)32(8)24(45-18(5)36)12-22(44-17(4)35)15(2)28(32)29(47-20(7)38)33(42)16(3)30(40)49-26(33)11-21(23)31(41)43-9/h11,14-16,22-26,28-29,34,42H,10,12-13H2,1-9H3/b21-11+/t14-,15-,16-,22+,23+,24-,25+,26-,28+,29-,32+,33-/m0/s1. The van der Waals surface area contributed by atoms with Gasteiger partial charge in [0.15, 0.2) is 11.7 Å². The lowest BCUT2D eigenvalue weighted by Crippen LogP contribution is -2.69. The summed E-state index contributed by atoms with van der Waals surface area (Å²) in [6.45, 7) is 10.3. The van der Waals surface area contributed by atoms with Gasteiger partial charge in [-0.1, -0.05) is 13.8 Å². The summed E-state index contributed by atoms with van der Waals surface area (Å²) in [6, 6.07) is 0. The van der Waals surface area contributed by atoms with Gasteiger partial charge >= 0.3 is 41.8 Å². The topological polar surface area (TPSA) is 225 Å². The van der Waals surface area contributed by atoms with E-state index in [9.17, 15) is 43.8 Å². The third kappa shape index (κ3) is 8.06. The number of hydrogen-bond donors (Lipinski definition) is 2. The first-order valence-electron chi connectivity index (χ1n) is 16.0. The van der Waals surface area contributed by atoms with Crippen LogP contribution < -0.4 is 0 Å². The van der Waals surface area contributed by atoms with Crippen LogP contribution in [0.1, 0.15) is 74.7 Å². The zero-order chi connectivity index (χ0) is 37.2. The van der Waals surface area contributed by atoms with Crippen LogP contribution in [-0.4, -0.2) is 107 Å². The van der Waals surface area contributed by atoms with Crippen LogP contribution in [-0.2, 0) is 66.7 Å². The predicted molar refractivity (Wildman–Crippen MR) is 162 cm³/mol. The highest BCUT2D eigenvalue weighted by molar-refractivity contribution is 5.90. The molecule has 3 rings (SSSR count). The molecule has 16 nitrogen and oxygen atoms in total. The van der Waals surface area contributed by atoms with Gasteiger partial charge < -0.3 is 43.4 Å². The van der Waals surface area contributed by atoms with E-state index >= 15 is 0 Å². The van der Waals surface area contributed by atoms with Crippen LogP contribution in [0.2, 0.25) is 0 Å². The summed E-state index contributed by atoms with van der Waals surface area (Å²) in [5.41, 5.74) is -4.61. The van der Waals surface area contributed by atoms with Crippen molar-refractivity contribution in [1.29, 1.82) is 0 Å². The minimum absolute atomic E-state index is 0.156. The average Bonchev–Trinajstić information content (AvgIpc) is 3.18. The number of fused-ring (bicyclic) bond motifs is 2. The maximum Gasteiger partial charge on any atom is 0.337 e. The molecule has 0 amide bonds. The van der Waals surface area contributed by atoms with E-state index in [-0.39, 0.29) is 6.42 Å². The molecule has 12 atom stereocenters. The van der Waals surface area contributed by atoms with Crippen LogP contribution in [0.4, 0.5) is 0 Å². The van der Waals surface area contributed by atoms with E-state index in [0.717, 1.165) is 34.0 Å².